The van der Waals surface area contributed by atoms with Crippen molar-refractivity contribution in [1.29, 1.82) is 0 Å². The maximum Gasteiger partial charge on any atom is 0.131 e. The second kappa shape index (κ2) is 7.81. The summed E-state index contributed by atoms with van der Waals surface area (Å²) in [4.78, 5) is 9.02. The van der Waals surface area contributed by atoms with Gasteiger partial charge in [0.25, 0.3) is 0 Å². The van der Waals surface area contributed by atoms with E-state index in [1.54, 1.807) is 6.20 Å². The zero-order valence-corrected chi connectivity index (χ0v) is 17.2. The molecule has 8 heteroatoms. The van der Waals surface area contributed by atoms with Gasteiger partial charge in [-0.1, -0.05) is 18.2 Å². The molecule has 0 radical (unpaired) electrons. The van der Waals surface area contributed by atoms with E-state index in [4.69, 9.17) is 9.47 Å². The second-order valence-electron chi connectivity index (χ2n) is 7.79. The highest BCUT2D eigenvalue weighted by atomic mass is 16.5. The lowest BCUT2D eigenvalue weighted by Gasteiger charge is -2.26. The first-order chi connectivity index (χ1) is 15.8. The van der Waals surface area contributed by atoms with Gasteiger partial charge in [-0.25, -0.2) is 4.98 Å². The molecule has 1 unspecified atom stereocenters. The van der Waals surface area contributed by atoms with E-state index in [0.717, 1.165) is 58.2 Å². The molecule has 32 heavy (non-hydrogen) atoms. The minimum absolute atomic E-state index is 0.297. The van der Waals surface area contributed by atoms with E-state index < -0.39 is 0 Å². The van der Waals surface area contributed by atoms with Gasteiger partial charge in [-0.2, -0.15) is 15.4 Å². The lowest BCUT2D eigenvalue weighted by Crippen LogP contribution is -2.18. The van der Waals surface area contributed by atoms with Crippen molar-refractivity contribution in [2.75, 3.05) is 6.61 Å². The number of ether oxygens (including phenoxy) is 2. The summed E-state index contributed by atoms with van der Waals surface area (Å²) in [6, 6.07) is 17.7. The van der Waals surface area contributed by atoms with E-state index in [1.165, 1.54) is 0 Å². The van der Waals surface area contributed by atoms with Crippen molar-refractivity contribution >= 4 is 11.0 Å². The summed E-state index contributed by atoms with van der Waals surface area (Å²) in [5.74, 6) is 2.84. The van der Waals surface area contributed by atoms with E-state index in [0.29, 0.717) is 12.5 Å². The van der Waals surface area contributed by atoms with Gasteiger partial charge in [-0.3, -0.25) is 4.98 Å². The van der Waals surface area contributed by atoms with Crippen LogP contribution < -0.4 is 9.47 Å². The first-order valence-electron chi connectivity index (χ1n) is 10.5. The maximum absolute atomic E-state index is 6.04. The number of benzene rings is 2. The van der Waals surface area contributed by atoms with E-state index in [1.807, 2.05) is 61.1 Å². The number of hydrogen-bond acceptors (Lipinski definition) is 6. The molecule has 4 heterocycles. The molecular formula is C24H20N6O2. The lowest BCUT2D eigenvalue weighted by molar-refractivity contribution is 0.258. The molecule has 1 aliphatic heterocycles. The van der Waals surface area contributed by atoms with E-state index in [2.05, 4.69) is 36.0 Å². The molecule has 158 valence electrons. The third kappa shape index (κ3) is 3.56. The number of rotatable bonds is 5. The summed E-state index contributed by atoms with van der Waals surface area (Å²) in [6.07, 6.45) is 6.51. The minimum Gasteiger partial charge on any atom is -0.493 e. The standard InChI is InChI=1S/C24H20N6O2/c1-2-4-17(5-3-1)32-18-6-7-24-19(10-18)16(8-9-31-24)13-30-14-23(26-15-30)20-11-21-22(12-25-20)28-29-27-21/h1-7,10-12,14-16H,8-9,13H2,(H,27,28,29). The van der Waals surface area contributed by atoms with Crippen molar-refractivity contribution in [2.24, 2.45) is 0 Å². The molecule has 0 saturated heterocycles. The summed E-state index contributed by atoms with van der Waals surface area (Å²) in [5.41, 5.74) is 4.25. The molecule has 1 aliphatic rings. The van der Waals surface area contributed by atoms with Crippen LogP contribution in [0, 0.1) is 0 Å². The molecule has 5 aromatic rings. The number of fused-ring (bicyclic) bond motifs is 2. The number of aromatic amines is 1. The normalized spacial score (nSPS) is 15.3. The molecule has 0 aliphatic carbocycles. The maximum atomic E-state index is 6.04. The van der Waals surface area contributed by atoms with Crippen molar-refractivity contribution in [2.45, 2.75) is 18.9 Å². The van der Waals surface area contributed by atoms with Crippen molar-refractivity contribution in [1.82, 2.24) is 29.9 Å². The number of aromatic nitrogens is 6. The number of hydrogen-bond donors (Lipinski definition) is 1. The molecule has 3 aromatic heterocycles. The molecule has 1 N–H and O–H groups in total. The van der Waals surface area contributed by atoms with Crippen LogP contribution in [0.3, 0.4) is 0 Å². The van der Waals surface area contributed by atoms with Crippen LogP contribution in [0.15, 0.2) is 73.3 Å². The number of nitrogens with one attached hydrogen (secondary N) is 1. The Hall–Kier alpha value is -4.20. The van der Waals surface area contributed by atoms with Crippen molar-refractivity contribution in [3.8, 4) is 28.6 Å². The average Bonchev–Trinajstić information content (AvgIpc) is 3.49. The predicted molar refractivity (Wildman–Crippen MR) is 119 cm³/mol. The van der Waals surface area contributed by atoms with Crippen LogP contribution in [0.5, 0.6) is 17.2 Å². The van der Waals surface area contributed by atoms with E-state index in [9.17, 15) is 0 Å². The molecule has 0 spiro atoms. The Kier molecular flexibility index (Phi) is 4.53. The Morgan fingerprint density at radius 2 is 1.88 bits per heavy atom. The van der Waals surface area contributed by atoms with Gasteiger partial charge in [0, 0.05) is 24.2 Å². The Labute approximate surface area is 183 Å². The zero-order chi connectivity index (χ0) is 21.3. The van der Waals surface area contributed by atoms with Gasteiger partial charge >= 0.3 is 0 Å². The van der Waals surface area contributed by atoms with Gasteiger partial charge in [-0.15, -0.1) is 0 Å². The number of nitrogens with zero attached hydrogens (tertiary/aromatic N) is 5. The Bertz CT molecular complexity index is 1380. The van der Waals surface area contributed by atoms with Crippen molar-refractivity contribution < 1.29 is 9.47 Å². The highest BCUT2D eigenvalue weighted by Gasteiger charge is 2.23. The first kappa shape index (κ1) is 18.6. The van der Waals surface area contributed by atoms with Crippen LogP contribution in [0.2, 0.25) is 0 Å². The fourth-order valence-electron chi connectivity index (χ4n) is 4.05. The molecule has 8 nitrogen and oxygen atoms in total. The number of H-pyrrole nitrogens is 1. The minimum atomic E-state index is 0.297. The van der Waals surface area contributed by atoms with Gasteiger partial charge in [0.05, 0.1) is 24.8 Å². The van der Waals surface area contributed by atoms with Crippen molar-refractivity contribution in [3.05, 3.63) is 78.9 Å². The predicted octanol–water partition coefficient (Wildman–Crippen LogP) is 4.58. The van der Waals surface area contributed by atoms with Gasteiger partial charge in [0.15, 0.2) is 0 Å². The zero-order valence-electron chi connectivity index (χ0n) is 17.2. The number of pyridine rings is 1. The summed E-state index contributed by atoms with van der Waals surface area (Å²) in [7, 11) is 0. The Balaban J connectivity index is 1.24. The monoisotopic (exact) mass is 424 g/mol. The van der Waals surface area contributed by atoms with Gasteiger partial charge in [-0.05, 0) is 42.8 Å². The van der Waals surface area contributed by atoms with E-state index >= 15 is 0 Å². The van der Waals surface area contributed by atoms with Crippen LogP contribution in [0.4, 0.5) is 0 Å². The molecule has 0 saturated carbocycles. The van der Waals surface area contributed by atoms with Crippen LogP contribution in [0.1, 0.15) is 17.9 Å². The summed E-state index contributed by atoms with van der Waals surface area (Å²) < 4.78 is 14.0. The summed E-state index contributed by atoms with van der Waals surface area (Å²) in [5, 5.41) is 10.8. The molecule has 1 atom stereocenters. The fraction of sp³-hybridized carbons (Fsp3) is 0.167. The Morgan fingerprint density at radius 1 is 0.969 bits per heavy atom. The first-order valence-corrected chi connectivity index (χ1v) is 10.5. The molecule has 0 fully saturated rings. The lowest BCUT2D eigenvalue weighted by atomic mass is 9.93. The largest absolute Gasteiger partial charge is 0.493 e. The SMILES string of the molecule is c1ccc(Oc2ccc3c(c2)C(Cn2cnc(-c4cc5n[nH]nc5cn4)c2)CCO3)cc1. The quantitative estimate of drug-likeness (QED) is 0.444. The third-order valence-corrected chi connectivity index (χ3v) is 5.65. The molecule has 0 bridgehead atoms. The molecule has 2 aromatic carbocycles. The second-order valence-corrected chi connectivity index (χ2v) is 7.79. The fourth-order valence-corrected chi connectivity index (χ4v) is 4.05. The van der Waals surface area contributed by atoms with Gasteiger partial charge < -0.3 is 14.0 Å². The van der Waals surface area contributed by atoms with Crippen LogP contribution in [0.25, 0.3) is 22.4 Å². The number of para-hydroxylation sites is 1. The third-order valence-electron chi connectivity index (χ3n) is 5.65. The van der Waals surface area contributed by atoms with Crippen molar-refractivity contribution in [3.63, 3.8) is 0 Å². The summed E-state index contributed by atoms with van der Waals surface area (Å²) in [6.45, 7) is 1.49. The molecule has 6 rings (SSSR count). The Morgan fingerprint density at radius 3 is 2.81 bits per heavy atom. The highest BCUT2D eigenvalue weighted by Crippen LogP contribution is 2.38. The van der Waals surface area contributed by atoms with E-state index in [-0.39, 0.29) is 0 Å². The summed E-state index contributed by atoms with van der Waals surface area (Å²) >= 11 is 0. The molecule has 0 amide bonds. The highest BCUT2D eigenvalue weighted by molar-refractivity contribution is 5.76. The number of imidazole rings is 1. The smallest absolute Gasteiger partial charge is 0.131 e. The molecular weight excluding hydrogens is 404 g/mol. The van der Waals surface area contributed by atoms with Crippen LogP contribution >= 0.6 is 0 Å². The van der Waals surface area contributed by atoms with Crippen LogP contribution in [-0.4, -0.2) is 36.6 Å². The topological polar surface area (TPSA) is 90.7 Å². The van der Waals surface area contributed by atoms with Gasteiger partial charge in [0.2, 0.25) is 0 Å². The van der Waals surface area contributed by atoms with Crippen LogP contribution in [-0.2, 0) is 6.54 Å². The average molecular weight is 424 g/mol. The van der Waals surface area contributed by atoms with Gasteiger partial charge in [0.1, 0.15) is 34.0 Å².